The number of esters is 1. The van der Waals surface area contributed by atoms with E-state index in [4.69, 9.17) is 4.74 Å². The van der Waals surface area contributed by atoms with Crippen LogP contribution in [0.2, 0.25) is 0 Å². The summed E-state index contributed by atoms with van der Waals surface area (Å²) in [6.45, 7) is 5.29. The topological polar surface area (TPSA) is 38.3 Å². The van der Waals surface area contributed by atoms with Crippen LogP contribution in [0.4, 0.5) is 0 Å². The van der Waals surface area contributed by atoms with Gasteiger partial charge in [0.15, 0.2) is 0 Å². The minimum absolute atomic E-state index is 0. The van der Waals surface area contributed by atoms with Gasteiger partial charge in [-0.2, -0.15) is 5.56 Å². The van der Waals surface area contributed by atoms with Crippen LogP contribution in [0, 0.1) is 6.08 Å². The molecule has 0 atom stereocenters. The maximum Gasteiger partial charge on any atom is 0.308 e. The molecule has 18 heavy (non-hydrogen) atoms. The predicted molar refractivity (Wildman–Crippen MR) is 65.9 cm³/mol. The third-order valence-corrected chi connectivity index (χ3v) is 2.43. The average molecular weight is 317 g/mol. The number of allylic oxidation sites excluding steroid dienone is 2. The molecule has 1 aromatic rings. The van der Waals surface area contributed by atoms with Crippen molar-refractivity contribution in [2.45, 2.75) is 19.8 Å². The Morgan fingerprint density at radius 3 is 2.61 bits per heavy atom. The van der Waals surface area contributed by atoms with Crippen LogP contribution in [0.3, 0.4) is 0 Å². The van der Waals surface area contributed by atoms with Crippen molar-refractivity contribution >= 4 is 11.7 Å². The van der Waals surface area contributed by atoms with Crippen LogP contribution in [0.15, 0.2) is 36.5 Å². The van der Waals surface area contributed by atoms with Gasteiger partial charge in [-0.15, -0.1) is 24.3 Å². The molecule has 2 rings (SSSR count). The number of hydrogen-bond acceptors (Lipinski definition) is 3. The first-order chi connectivity index (χ1) is 8.15. The van der Waals surface area contributed by atoms with Gasteiger partial charge in [0, 0.05) is 45.3 Å². The van der Waals surface area contributed by atoms with Crippen molar-refractivity contribution in [3.63, 3.8) is 0 Å². The van der Waals surface area contributed by atoms with Gasteiger partial charge < -0.3 is 10.1 Å². The van der Waals surface area contributed by atoms with Gasteiger partial charge in [-0.25, -0.2) is 6.08 Å². The third kappa shape index (κ3) is 4.07. The molecular formula is C14H14NO2Y-. The van der Waals surface area contributed by atoms with Crippen LogP contribution in [-0.4, -0.2) is 5.97 Å². The fraction of sp³-hybridized carbons (Fsp3) is 0.214. The van der Waals surface area contributed by atoms with Crippen molar-refractivity contribution in [3.8, 4) is 5.75 Å². The van der Waals surface area contributed by atoms with E-state index in [0.29, 0.717) is 5.75 Å². The summed E-state index contributed by atoms with van der Waals surface area (Å²) in [5.74, 6) is 0.240. The minimum Gasteiger partial charge on any atom is -0.427 e. The summed E-state index contributed by atoms with van der Waals surface area (Å²) in [5.41, 5.74) is 2.96. The number of carbonyl (C=O) groups excluding carboxylic acids is 1. The third-order valence-electron chi connectivity index (χ3n) is 2.43. The van der Waals surface area contributed by atoms with Crippen molar-refractivity contribution < 1.29 is 42.2 Å². The summed E-state index contributed by atoms with van der Waals surface area (Å²) in [4.78, 5) is 10.8. The minimum atomic E-state index is -0.312. The molecule has 0 amide bonds. The van der Waals surface area contributed by atoms with Crippen molar-refractivity contribution in [2.24, 2.45) is 0 Å². The Bertz CT molecular complexity index is 477. The maximum atomic E-state index is 10.8. The predicted octanol–water partition coefficient (Wildman–Crippen LogP) is 2.65. The van der Waals surface area contributed by atoms with Crippen LogP contribution in [0.5, 0.6) is 5.75 Å². The second-order valence-corrected chi connectivity index (χ2v) is 3.90. The largest absolute Gasteiger partial charge is 0.427 e. The zero-order chi connectivity index (χ0) is 12.3. The van der Waals surface area contributed by atoms with Crippen LogP contribution in [0.25, 0.3) is 5.70 Å². The molecule has 1 aromatic carbocycles. The summed E-state index contributed by atoms with van der Waals surface area (Å²) in [5, 5.41) is 3.20. The fourth-order valence-electron chi connectivity index (χ4n) is 1.65. The Kier molecular flexibility index (Phi) is 5.77. The van der Waals surface area contributed by atoms with Crippen molar-refractivity contribution in [1.29, 1.82) is 0 Å². The number of rotatable bonds is 2. The fourth-order valence-corrected chi connectivity index (χ4v) is 1.65. The second kappa shape index (κ2) is 6.86. The van der Waals surface area contributed by atoms with Gasteiger partial charge in [0.25, 0.3) is 0 Å². The standard InChI is InChI=1S/C14H14NO2.Y/c1-10-4-3-5-14(15-10)12-6-8-13(9-7-12)17-11(2)16;/h6-9,15H,1,3-4H2,2H3;/q-1;. The summed E-state index contributed by atoms with van der Waals surface area (Å²) < 4.78 is 4.97. The molecule has 0 unspecified atom stereocenters. The molecule has 1 N–H and O–H groups in total. The Balaban J connectivity index is 0.00000162. The van der Waals surface area contributed by atoms with Gasteiger partial charge >= 0.3 is 5.97 Å². The first-order valence-corrected chi connectivity index (χ1v) is 5.49. The molecule has 0 aliphatic carbocycles. The van der Waals surface area contributed by atoms with E-state index < -0.39 is 0 Å². The molecular weight excluding hydrogens is 303 g/mol. The van der Waals surface area contributed by atoms with Crippen LogP contribution in [0.1, 0.15) is 25.3 Å². The van der Waals surface area contributed by atoms with E-state index >= 15 is 0 Å². The first-order valence-electron chi connectivity index (χ1n) is 5.49. The summed E-state index contributed by atoms with van der Waals surface area (Å²) in [7, 11) is 0. The molecule has 1 aliphatic heterocycles. The Morgan fingerprint density at radius 1 is 1.39 bits per heavy atom. The molecule has 3 nitrogen and oxygen atoms in total. The van der Waals surface area contributed by atoms with Gasteiger partial charge in [0.1, 0.15) is 5.75 Å². The molecule has 0 saturated carbocycles. The van der Waals surface area contributed by atoms with E-state index in [-0.39, 0.29) is 38.7 Å². The van der Waals surface area contributed by atoms with Crippen molar-refractivity contribution in [3.05, 3.63) is 48.2 Å². The number of hydrogen-bond donors (Lipinski definition) is 1. The van der Waals surface area contributed by atoms with E-state index in [1.165, 1.54) is 6.92 Å². The van der Waals surface area contributed by atoms with Crippen LogP contribution >= 0.6 is 0 Å². The Labute approximate surface area is 132 Å². The second-order valence-electron chi connectivity index (χ2n) is 3.90. The molecule has 0 bridgehead atoms. The quantitative estimate of drug-likeness (QED) is 0.518. The number of ether oxygens (including phenoxy) is 1. The first kappa shape index (κ1) is 15.1. The van der Waals surface area contributed by atoms with E-state index in [9.17, 15) is 4.79 Å². The van der Waals surface area contributed by atoms with E-state index in [1.807, 2.05) is 12.1 Å². The molecule has 1 heterocycles. The van der Waals surface area contributed by atoms with Gasteiger partial charge in [0.05, 0.1) is 0 Å². The number of carbonyl (C=O) groups is 1. The molecule has 4 heteroatoms. The van der Waals surface area contributed by atoms with Crippen LogP contribution in [-0.2, 0) is 37.5 Å². The van der Waals surface area contributed by atoms with E-state index in [0.717, 1.165) is 29.8 Å². The molecule has 0 saturated heterocycles. The summed E-state index contributed by atoms with van der Waals surface area (Å²) >= 11 is 0. The van der Waals surface area contributed by atoms with Crippen molar-refractivity contribution in [1.82, 2.24) is 5.32 Å². The number of nitrogens with one attached hydrogen (secondary N) is 1. The monoisotopic (exact) mass is 317 g/mol. The summed E-state index contributed by atoms with van der Waals surface area (Å²) in [6.07, 6.45) is 5.07. The van der Waals surface area contributed by atoms with Crippen molar-refractivity contribution in [2.75, 3.05) is 0 Å². The van der Waals surface area contributed by atoms with E-state index in [1.54, 1.807) is 12.1 Å². The zero-order valence-electron chi connectivity index (χ0n) is 10.3. The van der Waals surface area contributed by atoms with Gasteiger partial charge in [-0.3, -0.25) is 4.79 Å². The zero-order valence-corrected chi connectivity index (χ0v) is 13.2. The van der Waals surface area contributed by atoms with Gasteiger partial charge in [0.2, 0.25) is 0 Å². The normalized spacial score (nSPS) is 14.1. The molecule has 0 spiro atoms. The molecule has 0 aromatic heterocycles. The van der Waals surface area contributed by atoms with Gasteiger partial charge in [-0.05, 0) is 18.6 Å². The van der Waals surface area contributed by atoms with E-state index in [2.05, 4.69) is 18.0 Å². The Morgan fingerprint density at radius 2 is 2.06 bits per heavy atom. The molecule has 91 valence electrons. The Hall–Kier alpha value is -0.926. The average Bonchev–Trinajstić information content (AvgIpc) is 2.29. The molecule has 0 fully saturated rings. The molecule has 1 aliphatic rings. The smallest absolute Gasteiger partial charge is 0.308 e. The molecule has 1 radical (unpaired) electrons. The van der Waals surface area contributed by atoms with Gasteiger partial charge in [-0.1, -0.05) is 6.58 Å². The maximum absolute atomic E-state index is 10.8. The SMILES string of the molecule is C=C1CC[C-]=C(c2ccc(OC(C)=O)cc2)N1.[Y]. The number of benzene rings is 1. The van der Waals surface area contributed by atoms with Crippen LogP contribution < -0.4 is 10.1 Å². The summed E-state index contributed by atoms with van der Waals surface area (Å²) in [6, 6.07) is 7.33.